The lowest BCUT2D eigenvalue weighted by Gasteiger charge is -2.31. The van der Waals surface area contributed by atoms with Crippen LogP contribution in [0.5, 0.6) is 0 Å². The van der Waals surface area contributed by atoms with E-state index in [9.17, 15) is 4.79 Å². The van der Waals surface area contributed by atoms with E-state index in [2.05, 4.69) is 6.58 Å². The van der Waals surface area contributed by atoms with E-state index in [-0.39, 0.29) is 6.09 Å². The van der Waals surface area contributed by atoms with Gasteiger partial charge in [0, 0.05) is 19.5 Å². The van der Waals surface area contributed by atoms with Crippen molar-refractivity contribution in [3.05, 3.63) is 12.7 Å². The molecule has 1 atom stereocenters. The van der Waals surface area contributed by atoms with Crippen LogP contribution in [0.15, 0.2) is 12.7 Å². The molecule has 2 aliphatic heterocycles. The summed E-state index contributed by atoms with van der Waals surface area (Å²) in [6.07, 6.45) is 5.56. The van der Waals surface area contributed by atoms with Crippen molar-refractivity contribution in [2.45, 2.75) is 31.3 Å². The molecule has 2 aliphatic rings. The minimum atomic E-state index is -0.589. The second kappa shape index (κ2) is 4.87. The molecule has 2 heterocycles. The maximum absolute atomic E-state index is 11.9. The van der Waals surface area contributed by atoms with Gasteiger partial charge in [0.05, 0.1) is 13.2 Å². The zero-order valence-corrected chi connectivity index (χ0v) is 9.61. The topological polar surface area (TPSA) is 38.8 Å². The molecule has 2 saturated heterocycles. The van der Waals surface area contributed by atoms with Gasteiger partial charge in [0.2, 0.25) is 0 Å². The maximum atomic E-state index is 11.9. The normalized spacial score (nSPS) is 30.1. The molecule has 4 heteroatoms. The van der Waals surface area contributed by atoms with Crippen molar-refractivity contribution in [1.82, 2.24) is 4.90 Å². The number of nitrogens with zero attached hydrogens (tertiary/aromatic N) is 1. The Morgan fingerprint density at radius 2 is 2.12 bits per heavy atom. The molecule has 0 aliphatic carbocycles. The summed E-state index contributed by atoms with van der Waals surface area (Å²) in [7, 11) is 0. The number of piperidine rings is 1. The van der Waals surface area contributed by atoms with Crippen LogP contribution in [0.1, 0.15) is 25.7 Å². The predicted octanol–water partition coefficient (Wildman–Crippen LogP) is 1.95. The molecule has 0 aromatic heterocycles. The Hall–Kier alpha value is -1.03. The lowest BCUT2D eigenvalue weighted by Crippen LogP contribution is -2.42. The Bertz CT molecular complexity index is 265. The van der Waals surface area contributed by atoms with E-state index in [0.29, 0.717) is 13.2 Å². The highest BCUT2D eigenvalue weighted by Crippen LogP contribution is 2.25. The van der Waals surface area contributed by atoms with Crippen LogP contribution in [-0.2, 0) is 9.47 Å². The summed E-state index contributed by atoms with van der Waals surface area (Å²) in [6, 6.07) is 0. The number of likely N-dealkylation sites (tertiary alicyclic amines) is 1. The molecule has 0 saturated carbocycles. The van der Waals surface area contributed by atoms with Gasteiger partial charge in [-0.1, -0.05) is 6.58 Å². The minimum Gasteiger partial charge on any atom is -0.436 e. The van der Waals surface area contributed by atoms with Crippen molar-refractivity contribution in [3.8, 4) is 0 Å². The van der Waals surface area contributed by atoms with E-state index in [1.54, 1.807) is 11.0 Å². The van der Waals surface area contributed by atoms with Crippen molar-refractivity contribution < 1.29 is 14.3 Å². The van der Waals surface area contributed by atoms with Crippen LogP contribution in [0, 0.1) is 0 Å². The number of carbonyl (C=O) groups is 1. The van der Waals surface area contributed by atoms with Gasteiger partial charge in [-0.05, 0) is 25.3 Å². The van der Waals surface area contributed by atoms with Crippen LogP contribution in [0.4, 0.5) is 4.79 Å². The van der Waals surface area contributed by atoms with Crippen LogP contribution >= 0.6 is 0 Å². The van der Waals surface area contributed by atoms with Gasteiger partial charge in [-0.25, -0.2) is 4.79 Å². The zero-order valence-electron chi connectivity index (χ0n) is 9.61. The fourth-order valence-corrected chi connectivity index (χ4v) is 2.16. The quantitative estimate of drug-likeness (QED) is 0.674. The number of rotatable bonds is 2. The van der Waals surface area contributed by atoms with Crippen LogP contribution in [0.3, 0.4) is 0 Å². The summed E-state index contributed by atoms with van der Waals surface area (Å²) in [5.74, 6) is 0. The molecule has 0 spiro atoms. The summed E-state index contributed by atoms with van der Waals surface area (Å²) in [6.45, 7) is 6.44. The molecule has 1 unspecified atom stereocenters. The molecule has 0 aromatic rings. The highest BCUT2D eigenvalue weighted by molar-refractivity contribution is 5.68. The van der Waals surface area contributed by atoms with Gasteiger partial charge < -0.3 is 14.4 Å². The molecule has 4 nitrogen and oxygen atoms in total. The van der Waals surface area contributed by atoms with E-state index in [4.69, 9.17) is 9.47 Å². The molecule has 0 bridgehead atoms. The van der Waals surface area contributed by atoms with Crippen molar-refractivity contribution in [2.75, 3.05) is 26.3 Å². The average Bonchev–Trinajstić information content (AvgIpc) is 2.79. The third kappa shape index (κ3) is 2.38. The van der Waals surface area contributed by atoms with Gasteiger partial charge >= 0.3 is 6.09 Å². The van der Waals surface area contributed by atoms with Crippen molar-refractivity contribution in [1.29, 1.82) is 0 Å². The Morgan fingerprint density at radius 3 is 2.69 bits per heavy atom. The lowest BCUT2D eigenvalue weighted by atomic mass is 10.0. The fraction of sp³-hybridized carbons (Fsp3) is 0.750. The molecular weight excluding hydrogens is 206 g/mol. The second-order valence-electron chi connectivity index (χ2n) is 4.49. The Labute approximate surface area is 96.2 Å². The van der Waals surface area contributed by atoms with Crippen LogP contribution in [-0.4, -0.2) is 42.9 Å². The fourth-order valence-electron chi connectivity index (χ4n) is 2.16. The minimum absolute atomic E-state index is 0.217. The van der Waals surface area contributed by atoms with Crippen molar-refractivity contribution >= 4 is 6.09 Å². The summed E-state index contributed by atoms with van der Waals surface area (Å²) in [5, 5.41) is 0. The van der Waals surface area contributed by atoms with E-state index in [1.807, 2.05) is 0 Å². The number of hydrogen-bond donors (Lipinski definition) is 0. The third-order valence-corrected chi connectivity index (χ3v) is 3.29. The highest BCUT2D eigenvalue weighted by atomic mass is 16.6. The van der Waals surface area contributed by atoms with Crippen LogP contribution in [0.2, 0.25) is 0 Å². The SMILES string of the molecule is C=CC1(OC(=O)N2CCCCC2)CCOC1. The lowest BCUT2D eigenvalue weighted by molar-refractivity contribution is 0.0110. The molecule has 1 amide bonds. The summed E-state index contributed by atoms with van der Waals surface area (Å²) in [5.41, 5.74) is -0.589. The van der Waals surface area contributed by atoms with Gasteiger partial charge in [0.15, 0.2) is 5.60 Å². The number of carbonyl (C=O) groups excluding carboxylic acids is 1. The average molecular weight is 225 g/mol. The largest absolute Gasteiger partial charge is 0.436 e. The first kappa shape index (κ1) is 11.5. The number of hydrogen-bond acceptors (Lipinski definition) is 3. The van der Waals surface area contributed by atoms with Crippen LogP contribution < -0.4 is 0 Å². The first-order valence-corrected chi connectivity index (χ1v) is 5.95. The summed E-state index contributed by atoms with van der Waals surface area (Å²) >= 11 is 0. The zero-order chi connectivity index (χ0) is 11.4. The molecule has 2 fully saturated rings. The van der Waals surface area contributed by atoms with Gasteiger partial charge in [-0.15, -0.1) is 0 Å². The van der Waals surface area contributed by atoms with E-state index in [0.717, 1.165) is 32.4 Å². The third-order valence-electron chi connectivity index (χ3n) is 3.29. The van der Waals surface area contributed by atoms with Crippen molar-refractivity contribution in [3.63, 3.8) is 0 Å². The molecule has 0 radical (unpaired) electrons. The molecule has 0 aromatic carbocycles. The predicted molar refractivity (Wildman–Crippen MR) is 60.3 cm³/mol. The highest BCUT2D eigenvalue weighted by Gasteiger charge is 2.37. The smallest absolute Gasteiger partial charge is 0.410 e. The van der Waals surface area contributed by atoms with Gasteiger partial charge in [0.25, 0.3) is 0 Å². The first-order valence-electron chi connectivity index (χ1n) is 5.95. The Kier molecular flexibility index (Phi) is 3.49. The van der Waals surface area contributed by atoms with E-state index >= 15 is 0 Å². The molecule has 90 valence electrons. The maximum Gasteiger partial charge on any atom is 0.410 e. The van der Waals surface area contributed by atoms with Gasteiger partial charge in [-0.3, -0.25) is 0 Å². The number of ether oxygens (including phenoxy) is 2. The van der Waals surface area contributed by atoms with Crippen LogP contribution in [0.25, 0.3) is 0 Å². The van der Waals surface area contributed by atoms with Gasteiger partial charge in [0.1, 0.15) is 0 Å². The molecule has 2 rings (SSSR count). The molecule has 0 N–H and O–H groups in total. The summed E-state index contributed by atoms with van der Waals surface area (Å²) < 4.78 is 10.8. The van der Waals surface area contributed by atoms with E-state index in [1.165, 1.54) is 6.42 Å². The standard InChI is InChI=1S/C12H19NO3/c1-2-12(6-9-15-10-12)16-11(14)13-7-4-3-5-8-13/h2H,1,3-10H2. The molecular formula is C12H19NO3. The first-order chi connectivity index (χ1) is 7.76. The number of amides is 1. The monoisotopic (exact) mass is 225 g/mol. The van der Waals surface area contributed by atoms with Crippen molar-refractivity contribution in [2.24, 2.45) is 0 Å². The summed E-state index contributed by atoms with van der Waals surface area (Å²) in [4.78, 5) is 13.7. The Balaban J connectivity index is 1.92. The molecule has 16 heavy (non-hydrogen) atoms. The van der Waals surface area contributed by atoms with E-state index < -0.39 is 5.60 Å². The second-order valence-corrected chi connectivity index (χ2v) is 4.49. The Morgan fingerprint density at radius 1 is 1.38 bits per heavy atom. The van der Waals surface area contributed by atoms with Gasteiger partial charge in [-0.2, -0.15) is 0 Å².